The van der Waals surface area contributed by atoms with Crippen LogP contribution < -0.4 is 5.32 Å². The number of piperidine rings is 1. The first-order valence-corrected chi connectivity index (χ1v) is 8.38. The lowest BCUT2D eigenvalue weighted by atomic mass is 10.0. The predicted octanol–water partition coefficient (Wildman–Crippen LogP) is 1.65. The van der Waals surface area contributed by atoms with Crippen LogP contribution >= 0.6 is 11.3 Å². The third kappa shape index (κ3) is 4.76. The number of thiazole rings is 1. The van der Waals surface area contributed by atoms with Gasteiger partial charge in [-0.3, -0.25) is 9.69 Å². The molecule has 1 amide bonds. The summed E-state index contributed by atoms with van der Waals surface area (Å²) in [6.45, 7) is 6.79. The Labute approximate surface area is 131 Å². The van der Waals surface area contributed by atoms with E-state index in [0.29, 0.717) is 18.6 Å². The molecule has 1 N–H and O–H groups in total. The average Bonchev–Trinajstić information content (AvgIpc) is 2.87. The highest BCUT2D eigenvalue weighted by Gasteiger charge is 2.23. The van der Waals surface area contributed by atoms with Gasteiger partial charge < -0.3 is 10.2 Å². The summed E-state index contributed by atoms with van der Waals surface area (Å²) >= 11 is 1.76. The van der Waals surface area contributed by atoms with Crippen molar-refractivity contribution in [3.63, 3.8) is 0 Å². The van der Waals surface area contributed by atoms with Crippen molar-refractivity contribution in [1.29, 1.82) is 0 Å². The first-order chi connectivity index (χ1) is 9.95. The molecule has 5 nitrogen and oxygen atoms in total. The van der Waals surface area contributed by atoms with Gasteiger partial charge in [0.1, 0.15) is 5.01 Å². The van der Waals surface area contributed by atoms with Crippen molar-refractivity contribution in [3.05, 3.63) is 16.1 Å². The van der Waals surface area contributed by atoms with E-state index in [9.17, 15) is 4.79 Å². The topological polar surface area (TPSA) is 48.5 Å². The Morgan fingerprint density at radius 2 is 2.19 bits per heavy atom. The molecular weight excluding hydrogens is 284 g/mol. The quantitative estimate of drug-likeness (QED) is 0.898. The summed E-state index contributed by atoms with van der Waals surface area (Å²) in [6, 6.07) is 0.832. The Balaban J connectivity index is 1.75. The fourth-order valence-corrected chi connectivity index (χ4v) is 3.37. The standard InChI is InChI=1S/C15H26N4OS/c1-11-9-16-15(21-11)12(2)17-13-5-7-19(8-6-13)10-14(20)18(3)4/h9,12-13,17H,5-8,10H2,1-4H3. The molecule has 118 valence electrons. The maximum atomic E-state index is 11.7. The van der Waals surface area contributed by atoms with Gasteiger partial charge in [-0.05, 0) is 26.7 Å². The number of aryl methyl sites for hydroxylation is 1. The van der Waals surface area contributed by atoms with Gasteiger partial charge in [-0.25, -0.2) is 4.98 Å². The predicted molar refractivity (Wildman–Crippen MR) is 86.6 cm³/mol. The summed E-state index contributed by atoms with van der Waals surface area (Å²) in [5.74, 6) is 0.188. The van der Waals surface area contributed by atoms with Crippen LogP contribution in [-0.2, 0) is 4.79 Å². The average molecular weight is 310 g/mol. The highest BCUT2D eigenvalue weighted by Crippen LogP contribution is 2.21. The van der Waals surface area contributed by atoms with Crippen molar-refractivity contribution in [1.82, 2.24) is 20.1 Å². The van der Waals surface area contributed by atoms with Crippen LogP contribution in [0.1, 0.15) is 35.7 Å². The van der Waals surface area contributed by atoms with E-state index in [0.717, 1.165) is 30.9 Å². The van der Waals surface area contributed by atoms with Crippen LogP contribution in [0.25, 0.3) is 0 Å². The molecule has 1 fully saturated rings. The minimum Gasteiger partial charge on any atom is -0.348 e. The summed E-state index contributed by atoms with van der Waals surface area (Å²) in [5, 5.41) is 4.84. The van der Waals surface area contributed by atoms with Crippen LogP contribution in [0.15, 0.2) is 6.20 Å². The van der Waals surface area contributed by atoms with Gasteiger partial charge in [0.05, 0.1) is 12.6 Å². The van der Waals surface area contributed by atoms with Crippen molar-refractivity contribution in [2.45, 2.75) is 38.8 Å². The molecule has 0 spiro atoms. The van der Waals surface area contributed by atoms with Crippen LogP contribution in [0, 0.1) is 6.92 Å². The maximum absolute atomic E-state index is 11.7. The van der Waals surface area contributed by atoms with Crippen molar-refractivity contribution in [2.24, 2.45) is 0 Å². The van der Waals surface area contributed by atoms with Crippen molar-refractivity contribution in [3.8, 4) is 0 Å². The third-order valence-electron chi connectivity index (χ3n) is 3.94. The van der Waals surface area contributed by atoms with E-state index in [4.69, 9.17) is 0 Å². The molecule has 1 atom stereocenters. The van der Waals surface area contributed by atoms with E-state index in [1.54, 1.807) is 16.2 Å². The van der Waals surface area contributed by atoms with Gasteiger partial charge in [-0.2, -0.15) is 0 Å². The number of hydrogen-bond acceptors (Lipinski definition) is 5. The fraction of sp³-hybridized carbons (Fsp3) is 0.733. The van der Waals surface area contributed by atoms with Gasteiger partial charge in [0, 0.05) is 44.3 Å². The summed E-state index contributed by atoms with van der Waals surface area (Å²) in [5.41, 5.74) is 0. The van der Waals surface area contributed by atoms with E-state index in [1.165, 1.54) is 4.88 Å². The van der Waals surface area contributed by atoms with E-state index in [1.807, 2.05) is 20.3 Å². The van der Waals surface area contributed by atoms with Gasteiger partial charge in [0.25, 0.3) is 0 Å². The number of likely N-dealkylation sites (tertiary alicyclic amines) is 1. The van der Waals surface area contributed by atoms with Crippen LogP contribution in [0.3, 0.4) is 0 Å². The third-order valence-corrected chi connectivity index (χ3v) is 5.04. The number of rotatable bonds is 5. The van der Waals surface area contributed by atoms with Crippen molar-refractivity contribution < 1.29 is 4.79 Å². The van der Waals surface area contributed by atoms with Gasteiger partial charge in [0.15, 0.2) is 0 Å². The molecule has 1 aromatic heterocycles. The lowest BCUT2D eigenvalue weighted by molar-refractivity contribution is -0.130. The number of hydrogen-bond donors (Lipinski definition) is 1. The normalized spacial score (nSPS) is 18.7. The second-order valence-electron chi connectivity index (χ2n) is 6.04. The molecule has 6 heteroatoms. The Kier molecular flexibility index (Phi) is 5.72. The summed E-state index contributed by atoms with van der Waals surface area (Å²) < 4.78 is 0. The zero-order valence-electron chi connectivity index (χ0n) is 13.4. The summed E-state index contributed by atoms with van der Waals surface area (Å²) in [7, 11) is 3.63. The second-order valence-corrected chi connectivity index (χ2v) is 7.30. The first-order valence-electron chi connectivity index (χ1n) is 7.56. The summed E-state index contributed by atoms with van der Waals surface area (Å²) in [6.07, 6.45) is 4.12. The highest BCUT2D eigenvalue weighted by atomic mass is 32.1. The molecule has 0 radical (unpaired) electrons. The molecule has 1 aliphatic rings. The molecule has 1 unspecified atom stereocenters. The van der Waals surface area contributed by atoms with Crippen LogP contribution in [-0.4, -0.2) is 60.5 Å². The van der Waals surface area contributed by atoms with Gasteiger partial charge >= 0.3 is 0 Å². The molecule has 1 saturated heterocycles. The Morgan fingerprint density at radius 1 is 1.52 bits per heavy atom. The monoisotopic (exact) mass is 310 g/mol. The molecule has 0 aromatic carbocycles. The maximum Gasteiger partial charge on any atom is 0.236 e. The molecule has 2 rings (SSSR count). The lowest BCUT2D eigenvalue weighted by Gasteiger charge is -2.33. The molecular formula is C15H26N4OS. The molecule has 2 heterocycles. The molecule has 21 heavy (non-hydrogen) atoms. The number of nitrogens with one attached hydrogen (secondary N) is 1. The van der Waals surface area contributed by atoms with E-state index in [2.05, 4.69) is 29.0 Å². The van der Waals surface area contributed by atoms with E-state index >= 15 is 0 Å². The summed E-state index contributed by atoms with van der Waals surface area (Å²) in [4.78, 5) is 21.3. The van der Waals surface area contributed by atoms with Crippen LogP contribution in [0.2, 0.25) is 0 Å². The Bertz CT molecular complexity index is 466. The lowest BCUT2D eigenvalue weighted by Crippen LogP contribution is -2.46. The Morgan fingerprint density at radius 3 is 2.71 bits per heavy atom. The minimum absolute atomic E-state index is 0.188. The van der Waals surface area contributed by atoms with Crippen LogP contribution in [0.5, 0.6) is 0 Å². The van der Waals surface area contributed by atoms with Crippen molar-refractivity contribution in [2.75, 3.05) is 33.7 Å². The smallest absolute Gasteiger partial charge is 0.236 e. The number of aromatic nitrogens is 1. The fourth-order valence-electron chi connectivity index (χ4n) is 2.59. The van der Waals surface area contributed by atoms with Gasteiger partial charge in [-0.1, -0.05) is 0 Å². The second kappa shape index (κ2) is 7.33. The largest absolute Gasteiger partial charge is 0.348 e. The number of nitrogens with zero attached hydrogens (tertiary/aromatic N) is 3. The zero-order chi connectivity index (χ0) is 15.4. The molecule has 0 bridgehead atoms. The number of carbonyl (C=O) groups excluding carboxylic acids is 1. The van der Waals surface area contributed by atoms with E-state index in [-0.39, 0.29) is 5.91 Å². The molecule has 0 aliphatic carbocycles. The Hall–Kier alpha value is -0.980. The number of amides is 1. The van der Waals surface area contributed by atoms with Gasteiger partial charge in [0.2, 0.25) is 5.91 Å². The number of likely N-dealkylation sites (N-methyl/N-ethyl adjacent to an activating group) is 1. The first kappa shape index (κ1) is 16.4. The molecule has 1 aromatic rings. The zero-order valence-corrected chi connectivity index (χ0v) is 14.2. The van der Waals surface area contributed by atoms with Crippen molar-refractivity contribution >= 4 is 17.2 Å². The minimum atomic E-state index is 0.188. The number of carbonyl (C=O) groups is 1. The van der Waals surface area contributed by atoms with Gasteiger partial charge in [-0.15, -0.1) is 11.3 Å². The molecule has 1 aliphatic heterocycles. The van der Waals surface area contributed by atoms with E-state index < -0.39 is 0 Å². The highest BCUT2D eigenvalue weighted by molar-refractivity contribution is 7.11. The SMILES string of the molecule is Cc1cnc(C(C)NC2CCN(CC(=O)N(C)C)CC2)s1. The van der Waals surface area contributed by atoms with Crippen LogP contribution in [0.4, 0.5) is 0 Å². The molecule has 0 saturated carbocycles.